The number of carbonyl (C=O) groups is 2. The first kappa shape index (κ1) is 19.9. The van der Waals surface area contributed by atoms with Crippen LogP contribution in [0.3, 0.4) is 0 Å². The summed E-state index contributed by atoms with van der Waals surface area (Å²) in [6.07, 6.45) is 2.25. The molecule has 1 fully saturated rings. The van der Waals surface area contributed by atoms with Crippen LogP contribution in [0.15, 0.2) is 0 Å². The highest BCUT2D eigenvalue weighted by molar-refractivity contribution is 5.78. The average Bonchev–Trinajstić information content (AvgIpc) is 2.34. The van der Waals surface area contributed by atoms with Gasteiger partial charge in [0.25, 0.3) is 0 Å². The van der Waals surface area contributed by atoms with E-state index in [-0.39, 0.29) is 23.2 Å². The first-order valence-electron chi connectivity index (χ1n) is 8.53. The molecule has 23 heavy (non-hydrogen) atoms. The molecule has 0 aromatic rings. The third kappa shape index (κ3) is 5.48. The van der Waals surface area contributed by atoms with Gasteiger partial charge in [-0.3, -0.25) is 9.59 Å². The topological polar surface area (TPSA) is 75.6 Å². The molecule has 134 valence electrons. The van der Waals surface area contributed by atoms with Crippen molar-refractivity contribution in [1.29, 1.82) is 0 Å². The fourth-order valence-corrected chi connectivity index (χ4v) is 3.74. The molecule has 1 heterocycles. The van der Waals surface area contributed by atoms with Gasteiger partial charge < -0.3 is 15.2 Å². The number of nitrogens with one attached hydrogen (secondary N) is 1. The Balaban J connectivity index is 2.81. The predicted molar refractivity (Wildman–Crippen MR) is 90.2 cm³/mol. The Morgan fingerprint density at radius 2 is 1.74 bits per heavy atom. The number of hydrogen-bond acceptors (Lipinski definition) is 4. The van der Waals surface area contributed by atoms with Gasteiger partial charge in [0, 0.05) is 23.9 Å². The van der Waals surface area contributed by atoms with E-state index in [1.165, 1.54) is 0 Å². The summed E-state index contributed by atoms with van der Waals surface area (Å²) in [5.74, 6) is -1.71. The number of rotatable bonds is 6. The summed E-state index contributed by atoms with van der Waals surface area (Å²) >= 11 is 0. The molecule has 5 nitrogen and oxygen atoms in total. The summed E-state index contributed by atoms with van der Waals surface area (Å²) in [7, 11) is 0. The first-order valence-corrected chi connectivity index (χ1v) is 8.53. The van der Waals surface area contributed by atoms with E-state index >= 15 is 0 Å². The van der Waals surface area contributed by atoms with Crippen molar-refractivity contribution in [2.24, 2.45) is 11.3 Å². The monoisotopic (exact) mass is 327 g/mol. The van der Waals surface area contributed by atoms with Crippen LogP contribution >= 0.6 is 0 Å². The second-order valence-corrected chi connectivity index (χ2v) is 8.69. The number of carbonyl (C=O) groups excluding carboxylic acids is 1. The molecule has 0 spiro atoms. The van der Waals surface area contributed by atoms with Crippen LogP contribution in [0.1, 0.15) is 74.1 Å². The molecule has 0 amide bonds. The summed E-state index contributed by atoms with van der Waals surface area (Å²) < 4.78 is 5.83. The molecule has 1 aliphatic heterocycles. The Bertz CT molecular complexity index is 442. The van der Waals surface area contributed by atoms with Gasteiger partial charge in [-0.15, -0.1) is 0 Å². The lowest BCUT2D eigenvalue weighted by Gasteiger charge is -2.46. The maximum atomic E-state index is 12.7. The van der Waals surface area contributed by atoms with Gasteiger partial charge in [0.05, 0.1) is 11.3 Å². The highest BCUT2D eigenvalue weighted by Gasteiger charge is 2.42. The maximum absolute atomic E-state index is 12.7. The van der Waals surface area contributed by atoms with Gasteiger partial charge >= 0.3 is 11.9 Å². The fourth-order valence-electron chi connectivity index (χ4n) is 3.74. The Kier molecular flexibility index (Phi) is 5.89. The van der Waals surface area contributed by atoms with E-state index in [1.54, 1.807) is 6.92 Å². The molecular weight excluding hydrogens is 294 g/mol. The molecule has 0 aliphatic carbocycles. The minimum atomic E-state index is -0.874. The summed E-state index contributed by atoms with van der Waals surface area (Å²) in [6, 6.07) is 0. The van der Waals surface area contributed by atoms with Crippen LogP contribution in [-0.2, 0) is 14.3 Å². The summed E-state index contributed by atoms with van der Waals surface area (Å²) in [4.78, 5) is 23.8. The molecule has 1 aliphatic rings. The van der Waals surface area contributed by atoms with Crippen LogP contribution in [0.2, 0.25) is 0 Å². The van der Waals surface area contributed by atoms with E-state index in [4.69, 9.17) is 9.84 Å². The number of hydrogen-bond donors (Lipinski definition) is 2. The lowest BCUT2D eigenvalue weighted by Crippen LogP contribution is -2.60. The SMILES string of the molecule is CCC(C)(CC(C)C(=O)O)C(=O)OC1CC(C)(C)NC(C)(C)C1. The molecule has 2 N–H and O–H groups in total. The molecule has 5 heteroatoms. The van der Waals surface area contributed by atoms with Gasteiger partial charge in [-0.1, -0.05) is 13.8 Å². The lowest BCUT2D eigenvalue weighted by molar-refractivity contribution is -0.166. The molecule has 0 aromatic carbocycles. The van der Waals surface area contributed by atoms with Crippen molar-refractivity contribution < 1.29 is 19.4 Å². The number of aliphatic carboxylic acids is 1. The van der Waals surface area contributed by atoms with Crippen LogP contribution in [0.5, 0.6) is 0 Å². The second-order valence-electron chi connectivity index (χ2n) is 8.69. The van der Waals surface area contributed by atoms with E-state index in [1.807, 2.05) is 13.8 Å². The third-order valence-electron chi connectivity index (χ3n) is 4.88. The zero-order valence-corrected chi connectivity index (χ0v) is 15.7. The van der Waals surface area contributed by atoms with Crippen molar-refractivity contribution >= 4 is 11.9 Å². The zero-order valence-electron chi connectivity index (χ0n) is 15.7. The minimum Gasteiger partial charge on any atom is -0.481 e. The van der Waals surface area contributed by atoms with Crippen molar-refractivity contribution in [2.45, 2.75) is 91.3 Å². The normalized spacial score (nSPS) is 24.5. The highest BCUT2D eigenvalue weighted by Crippen LogP contribution is 2.35. The Labute approximate surface area is 140 Å². The standard InChI is InChI=1S/C18H33NO4/c1-8-18(7,9-12(2)14(20)21)15(22)23-13-10-16(3,4)19-17(5,6)11-13/h12-13,19H,8-11H2,1-7H3,(H,20,21). The predicted octanol–water partition coefficient (Wildman–Crippen LogP) is 3.37. The van der Waals surface area contributed by atoms with Crippen LogP contribution < -0.4 is 5.32 Å². The highest BCUT2D eigenvalue weighted by atomic mass is 16.5. The Hall–Kier alpha value is -1.10. The number of esters is 1. The molecule has 2 unspecified atom stereocenters. The number of carboxylic acids is 1. The average molecular weight is 327 g/mol. The molecule has 1 saturated heterocycles. The Morgan fingerprint density at radius 3 is 2.13 bits per heavy atom. The fraction of sp³-hybridized carbons (Fsp3) is 0.889. The molecule has 2 atom stereocenters. The zero-order chi connectivity index (χ0) is 18.1. The summed E-state index contributed by atoms with van der Waals surface area (Å²) in [6.45, 7) is 13.8. The molecule has 1 rings (SSSR count). The molecule has 0 aromatic heterocycles. The second kappa shape index (κ2) is 6.80. The van der Waals surface area contributed by atoms with E-state index < -0.39 is 17.3 Å². The summed E-state index contributed by atoms with van der Waals surface area (Å²) in [5, 5.41) is 12.7. The van der Waals surface area contributed by atoms with Crippen molar-refractivity contribution in [1.82, 2.24) is 5.32 Å². The van der Waals surface area contributed by atoms with Crippen molar-refractivity contribution in [3.63, 3.8) is 0 Å². The van der Waals surface area contributed by atoms with Crippen LogP contribution in [0.25, 0.3) is 0 Å². The molecule has 0 radical (unpaired) electrons. The minimum absolute atomic E-state index is 0.0936. The van der Waals surface area contributed by atoms with Gasteiger partial charge in [-0.25, -0.2) is 0 Å². The summed E-state index contributed by atoms with van der Waals surface area (Å²) in [5.41, 5.74) is -0.940. The maximum Gasteiger partial charge on any atom is 0.312 e. The van der Waals surface area contributed by atoms with E-state index in [2.05, 4.69) is 33.0 Å². The molecular formula is C18H33NO4. The van der Waals surface area contributed by atoms with E-state index in [0.29, 0.717) is 12.8 Å². The molecule has 0 saturated carbocycles. The smallest absolute Gasteiger partial charge is 0.312 e. The van der Waals surface area contributed by atoms with E-state index in [9.17, 15) is 9.59 Å². The number of ether oxygens (including phenoxy) is 1. The van der Waals surface area contributed by atoms with Crippen LogP contribution in [0.4, 0.5) is 0 Å². The Morgan fingerprint density at radius 1 is 1.26 bits per heavy atom. The van der Waals surface area contributed by atoms with Gasteiger partial charge in [0.15, 0.2) is 0 Å². The van der Waals surface area contributed by atoms with Gasteiger partial charge in [0.1, 0.15) is 6.10 Å². The quantitative estimate of drug-likeness (QED) is 0.732. The van der Waals surface area contributed by atoms with Crippen LogP contribution in [0, 0.1) is 11.3 Å². The first-order chi connectivity index (χ1) is 10.3. The van der Waals surface area contributed by atoms with Gasteiger partial charge in [-0.05, 0) is 47.5 Å². The molecule has 0 bridgehead atoms. The van der Waals surface area contributed by atoms with Gasteiger partial charge in [-0.2, -0.15) is 0 Å². The van der Waals surface area contributed by atoms with Gasteiger partial charge in [0.2, 0.25) is 0 Å². The van der Waals surface area contributed by atoms with Crippen LogP contribution in [-0.4, -0.2) is 34.2 Å². The largest absolute Gasteiger partial charge is 0.481 e. The number of carboxylic acid groups (broad SMARTS) is 1. The van der Waals surface area contributed by atoms with Crippen molar-refractivity contribution in [3.8, 4) is 0 Å². The lowest BCUT2D eigenvalue weighted by atomic mass is 9.78. The number of piperidine rings is 1. The third-order valence-corrected chi connectivity index (χ3v) is 4.88. The van der Waals surface area contributed by atoms with Crippen molar-refractivity contribution in [3.05, 3.63) is 0 Å². The van der Waals surface area contributed by atoms with E-state index in [0.717, 1.165) is 12.8 Å². The van der Waals surface area contributed by atoms with Crippen molar-refractivity contribution in [2.75, 3.05) is 0 Å².